The minimum Gasteiger partial charge on any atom is -0.398 e. The molecule has 29 heavy (non-hydrogen) atoms. The summed E-state index contributed by atoms with van der Waals surface area (Å²) in [6.07, 6.45) is 3.87. The SMILES string of the molecule is CC1CC(C)(C)CC2(C1)NC(=O)N(CC(=O)N1CCCc3c(N)cccc31)C2=O. The van der Waals surface area contributed by atoms with E-state index in [1.54, 1.807) is 4.90 Å². The maximum Gasteiger partial charge on any atom is 0.325 e. The summed E-state index contributed by atoms with van der Waals surface area (Å²) in [5.41, 5.74) is 7.58. The van der Waals surface area contributed by atoms with Crippen molar-refractivity contribution >= 4 is 29.2 Å². The van der Waals surface area contributed by atoms with Gasteiger partial charge in [0.25, 0.3) is 5.91 Å². The van der Waals surface area contributed by atoms with Gasteiger partial charge in [0.2, 0.25) is 5.91 Å². The molecular weight excluding hydrogens is 368 g/mol. The van der Waals surface area contributed by atoms with Crippen LogP contribution in [0.5, 0.6) is 0 Å². The summed E-state index contributed by atoms with van der Waals surface area (Å²) in [7, 11) is 0. The summed E-state index contributed by atoms with van der Waals surface area (Å²) in [5, 5.41) is 2.94. The number of anilines is 2. The van der Waals surface area contributed by atoms with E-state index in [1.807, 2.05) is 18.2 Å². The highest BCUT2D eigenvalue weighted by Gasteiger charge is 2.56. The smallest absolute Gasteiger partial charge is 0.325 e. The molecule has 1 aliphatic carbocycles. The fourth-order valence-electron chi connectivity index (χ4n) is 5.78. The Bertz CT molecular complexity index is 881. The Morgan fingerprint density at radius 2 is 2.03 bits per heavy atom. The molecule has 1 saturated carbocycles. The topological polar surface area (TPSA) is 95.7 Å². The fraction of sp³-hybridized carbons (Fsp3) is 0.591. The van der Waals surface area contributed by atoms with Crippen LogP contribution in [0.1, 0.15) is 52.0 Å². The van der Waals surface area contributed by atoms with Crippen LogP contribution in [-0.2, 0) is 16.0 Å². The summed E-state index contributed by atoms with van der Waals surface area (Å²) >= 11 is 0. The van der Waals surface area contributed by atoms with E-state index in [-0.39, 0.29) is 23.8 Å². The number of fused-ring (bicyclic) bond motifs is 1. The minimum atomic E-state index is -0.886. The van der Waals surface area contributed by atoms with Crippen LogP contribution in [0.15, 0.2) is 18.2 Å². The summed E-state index contributed by atoms with van der Waals surface area (Å²) in [5.74, 6) is -0.184. The molecular formula is C22H30N4O3. The standard InChI is InChI=1S/C22H30N4O3/c1-14-10-21(2,3)13-22(11-14)19(28)26(20(29)24-22)12-18(27)25-9-5-6-15-16(23)7-4-8-17(15)25/h4,7-8,14H,5-6,9-13,23H2,1-3H3,(H,24,29). The van der Waals surface area contributed by atoms with Crippen LogP contribution in [0.25, 0.3) is 0 Å². The lowest BCUT2D eigenvalue weighted by Gasteiger charge is -2.43. The number of benzene rings is 1. The Hall–Kier alpha value is -2.57. The third-order valence-electron chi connectivity index (χ3n) is 6.51. The van der Waals surface area contributed by atoms with Crippen molar-refractivity contribution in [1.29, 1.82) is 0 Å². The van der Waals surface area contributed by atoms with Gasteiger partial charge in [-0.2, -0.15) is 0 Å². The molecule has 0 aromatic heterocycles. The highest BCUT2D eigenvalue weighted by Crippen LogP contribution is 2.46. The summed E-state index contributed by atoms with van der Waals surface area (Å²) in [4.78, 5) is 41.9. The molecule has 1 spiro atoms. The molecule has 1 aromatic carbocycles. The third-order valence-corrected chi connectivity index (χ3v) is 6.51. The van der Waals surface area contributed by atoms with Crippen molar-refractivity contribution in [3.63, 3.8) is 0 Å². The molecule has 2 aliphatic heterocycles. The summed E-state index contributed by atoms with van der Waals surface area (Å²) in [6, 6.07) is 5.08. The molecule has 0 bridgehead atoms. The van der Waals surface area contributed by atoms with E-state index < -0.39 is 11.6 Å². The van der Waals surface area contributed by atoms with Crippen LogP contribution in [-0.4, -0.2) is 41.4 Å². The molecule has 4 amide bonds. The Kier molecular flexibility index (Phi) is 4.59. The van der Waals surface area contributed by atoms with Crippen molar-refractivity contribution in [3.05, 3.63) is 23.8 Å². The van der Waals surface area contributed by atoms with Crippen LogP contribution < -0.4 is 16.0 Å². The van der Waals surface area contributed by atoms with Crippen molar-refractivity contribution in [2.45, 2.75) is 58.4 Å². The first-order valence-corrected chi connectivity index (χ1v) is 10.4. The zero-order valence-corrected chi connectivity index (χ0v) is 17.5. The van der Waals surface area contributed by atoms with Crippen molar-refractivity contribution in [2.75, 3.05) is 23.7 Å². The van der Waals surface area contributed by atoms with Gasteiger partial charge < -0.3 is 16.0 Å². The monoisotopic (exact) mass is 398 g/mol. The average molecular weight is 399 g/mol. The van der Waals surface area contributed by atoms with Crippen LogP contribution in [0.2, 0.25) is 0 Å². The number of imide groups is 1. The maximum atomic E-state index is 13.3. The van der Waals surface area contributed by atoms with Gasteiger partial charge in [-0.05, 0) is 61.1 Å². The molecule has 7 nitrogen and oxygen atoms in total. The molecule has 2 unspecified atom stereocenters. The van der Waals surface area contributed by atoms with Gasteiger partial charge >= 0.3 is 6.03 Å². The van der Waals surface area contributed by atoms with E-state index in [0.717, 1.165) is 35.4 Å². The average Bonchev–Trinajstić information content (AvgIpc) is 2.83. The zero-order chi connectivity index (χ0) is 21.0. The number of nitrogen functional groups attached to an aromatic ring is 1. The van der Waals surface area contributed by atoms with Crippen molar-refractivity contribution < 1.29 is 14.4 Å². The quantitative estimate of drug-likeness (QED) is 0.591. The van der Waals surface area contributed by atoms with Gasteiger partial charge in [0.15, 0.2) is 0 Å². The lowest BCUT2D eigenvalue weighted by Crippen LogP contribution is -2.54. The normalized spacial score (nSPS) is 28.4. The maximum absolute atomic E-state index is 13.3. The number of carbonyl (C=O) groups excluding carboxylic acids is 3. The van der Waals surface area contributed by atoms with E-state index in [1.165, 1.54) is 0 Å². The Morgan fingerprint density at radius 3 is 2.76 bits per heavy atom. The Labute approximate surface area is 171 Å². The molecule has 2 atom stereocenters. The first-order chi connectivity index (χ1) is 13.6. The molecule has 156 valence electrons. The van der Waals surface area contributed by atoms with E-state index >= 15 is 0 Å². The number of urea groups is 1. The third kappa shape index (κ3) is 3.36. The molecule has 3 N–H and O–H groups in total. The van der Waals surface area contributed by atoms with Crippen LogP contribution in [0.3, 0.4) is 0 Å². The molecule has 0 radical (unpaired) electrons. The van der Waals surface area contributed by atoms with Crippen molar-refractivity contribution in [1.82, 2.24) is 10.2 Å². The number of hydrogen-bond acceptors (Lipinski definition) is 4. The molecule has 2 heterocycles. The van der Waals surface area contributed by atoms with Gasteiger partial charge in [0.1, 0.15) is 12.1 Å². The highest BCUT2D eigenvalue weighted by atomic mass is 16.2. The van der Waals surface area contributed by atoms with Gasteiger partial charge in [-0.15, -0.1) is 0 Å². The lowest BCUT2D eigenvalue weighted by atomic mass is 9.64. The second kappa shape index (κ2) is 6.75. The number of nitrogens with one attached hydrogen (secondary N) is 1. The molecule has 1 aromatic rings. The van der Waals surface area contributed by atoms with Crippen LogP contribution >= 0.6 is 0 Å². The van der Waals surface area contributed by atoms with Crippen molar-refractivity contribution in [2.24, 2.45) is 11.3 Å². The number of nitrogens with two attached hydrogens (primary N) is 1. The van der Waals surface area contributed by atoms with Crippen molar-refractivity contribution in [3.8, 4) is 0 Å². The second-order valence-corrected chi connectivity index (χ2v) is 9.75. The minimum absolute atomic E-state index is 0.0377. The Morgan fingerprint density at radius 1 is 1.28 bits per heavy atom. The van der Waals surface area contributed by atoms with Gasteiger partial charge in [-0.25, -0.2) is 4.79 Å². The number of hydrogen-bond donors (Lipinski definition) is 2. The fourth-order valence-corrected chi connectivity index (χ4v) is 5.78. The molecule has 7 heteroatoms. The summed E-state index contributed by atoms with van der Waals surface area (Å²) in [6.45, 7) is 6.70. The largest absolute Gasteiger partial charge is 0.398 e. The van der Waals surface area contributed by atoms with E-state index in [9.17, 15) is 14.4 Å². The van der Waals surface area contributed by atoms with E-state index in [2.05, 4.69) is 26.1 Å². The molecule has 1 saturated heterocycles. The predicted octanol–water partition coefficient (Wildman–Crippen LogP) is 2.68. The molecule has 2 fully saturated rings. The predicted molar refractivity (Wildman–Crippen MR) is 111 cm³/mol. The zero-order valence-electron chi connectivity index (χ0n) is 17.5. The number of carbonyl (C=O) groups is 3. The van der Waals surface area contributed by atoms with E-state index in [4.69, 9.17) is 5.73 Å². The van der Waals surface area contributed by atoms with Gasteiger partial charge in [0, 0.05) is 17.9 Å². The van der Waals surface area contributed by atoms with Gasteiger partial charge in [0.05, 0.1) is 0 Å². The Balaban J connectivity index is 1.55. The van der Waals surface area contributed by atoms with Gasteiger partial charge in [-0.3, -0.25) is 14.5 Å². The number of amides is 4. The lowest BCUT2D eigenvalue weighted by molar-refractivity contribution is -0.137. The van der Waals surface area contributed by atoms with E-state index in [0.29, 0.717) is 31.0 Å². The van der Waals surface area contributed by atoms with Crippen LogP contribution in [0.4, 0.5) is 16.2 Å². The first-order valence-electron chi connectivity index (χ1n) is 10.4. The first kappa shape index (κ1) is 19.7. The highest BCUT2D eigenvalue weighted by molar-refractivity contribution is 6.10. The summed E-state index contributed by atoms with van der Waals surface area (Å²) < 4.78 is 0. The molecule has 4 rings (SSSR count). The number of nitrogens with zero attached hydrogens (tertiary/aromatic N) is 2. The van der Waals surface area contributed by atoms with Gasteiger partial charge in [-0.1, -0.05) is 26.8 Å². The van der Waals surface area contributed by atoms with Crippen LogP contribution in [0, 0.1) is 11.3 Å². The molecule has 3 aliphatic rings. The number of rotatable bonds is 2. The second-order valence-electron chi connectivity index (χ2n) is 9.75.